The summed E-state index contributed by atoms with van der Waals surface area (Å²) in [7, 11) is -4.33. The number of phenols is 1. The molecule has 10 heteroatoms. The van der Waals surface area contributed by atoms with E-state index in [-0.39, 0.29) is 15.6 Å². The molecule has 0 heterocycles. The van der Waals surface area contributed by atoms with Crippen LogP contribution in [0.4, 0.5) is 13.2 Å². The van der Waals surface area contributed by atoms with Crippen LogP contribution in [-0.2, 0) is 22.7 Å². The van der Waals surface area contributed by atoms with E-state index >= 15 is 0 Å². The molecule has 0 unspecified atom stereocenters. The number of sulfonamides is 1. The summed E-state index contributed by atoms with van der Waals surface area (Å²) in [5.74, 6) is -0.738. The molecule has 0 aliphatic carbocycles. The van der Waals surface area contributed by atoms with Crippen molar-refractivity contribution in [2.24, 2.45) is 0 Å². The minimum atomic E-state index is -4.62. The van der Waals surface area contributed by atoms with Crippen molar-refractivity contribution in [3.63, 3.8) is 0 Å². The first-order chi connectivity index (χ1) is 11.0. The van der Waals surface area contributed by atoms with Gasteiger partial charge in [0, 0.05) is 11.6 Å². The van der Waals surface area contributed by atoms with Crippen LogP contribution in [0, 0.1) is 0 Å². The number of alkyl halides is 3. The first-order valence-electron chi connectivity index (χ1n) is 6.35. The third kappa shape index (κ3) is 4.13. The molecule has 0 saturated heterocycles. The number of phenolic OH excluding ortho intramolecular Hbond substituents is 1. The Bertz CT molecular complexity index is 870. The summed E-state index contributed by atoms with van der Waals surface area (Å²) in [6.07, 6.45) is -4.62. The summed E-state index contributed by atoms with van der Waals surface area (Å²) in [4.78, 5) is -0.621. The highest BCUT2D eigenvalue weighted by atomic mass is 35.5. The number of halogens is 5. The Morgan fingerprint density at radius 3 is 2.38 bits per heavy atom. The largest absolute Gasteiger partial charge is 0.505 e. The van der Waals surface area contributed by atoms with Crippen LogP contribution >= 0.6 is 23.2 Å². The number of nitrogens with one attached hydrogen (secondary N) is 1. The smallest absolute Gasteiger partial charge is 0.416 e. The molecule has 0 fully saturated rings. The molecular formula is C14H10Cl2F3NO3S. The third-order valence-corrected chi connectivity index (χ3v) is 4.98. The Morgan fingerprint density at radius 1 is 1.12 bits per heavy atom. The molecule has 0 atom stereocenters. The number of aromatic hydroxyl groups is 1. The predicted octanol–water partition coefficient (Wildman–Crippen LogP) is 4.20. The normalized spacial score (nSPS) is 12.4. The van der Waals surface area contributed by atoms with Crippen molar-refractivity contribution in [2.75, 3.05) is 0 Å². The molecule has 0 bridgehead atoms. The Hall–Kier alpha value is -1.48. The molecule has 2 rings (SSSR count). The number of rotatable bonds is 4. The fraction of sp³-hybridized carbons (Fsp3) is 0.143. The lowest BCUT2D eigenvalue weighted by atomic mass is 10.1. The molecule has 0 aromatic heterocycles. The maximum absolute atomic E-state index is 12.9. The van der Waals surface area contributed by atoms with Crippen molar-refractivity contribution in [1.29, 1.82) is 0 Å². The van der Waals surface area contributed by atoms with Crippen LogP contribution < -0.4 is 4.72 Å². The van der Waals surface area contributed by atoms with Gasteiger partial charge in [-0.2, -0.15) is 13.2 Å². The summed E-state index contributed by atoms with van der Waals surface area (Å²) in [5, 5.41) is 9.41. The fourth-order valence-electron chi connectivity index (χ4n) is 1.95. The molecule has 0 amide bonds. The van der Waals surface area contributed by atoms with E-state index < -0.39 is 39.0 Å². The summed E-state index contributed by atoms with van der Waals surface area (Å²) in [6.45, 7) is -0.623. The molecule has 130 valence electrons. The third-order valence-electron chi connectivity index (χ3n) is 3.06. The van der Waals surface area contributed by atoms with E-state index in [1.54, 1.807) is 0 Å². The van der Waals surface area contributed by atoms with E-state index in [0.29, 0.717) is 0 Å². The highest BCUT2D eigenvalue weighted by molar-refractivity contribution is 7.89. The zero-order valence-corrected chi connectivity index (χ0v) is 14.1. The SMILES string of the molecule is O=S(=O)(NCc1ccccc1C(F)(F)F)c1cc(Cl)cc(Cl)c1O. The van der Waals surface area contributed by atoms with Gasteiger partial charge in [-0.05, 0) is 23.8 Å². The highest BCUT2D eigenvalue weighted by Crippen LogP contribution is 2.35. The minimum absolute atomic E-state index is 0.0473. The summed E-state index contributed by atoms with van der Waals surface area (Å²) in [6, 6.07) is 6.63. The molecule has 24 heavy (non-hydrogen) atoms. The zero-order valence-electron chi connectivity index (χ0n) is 11.7. The molecule has 0 saturated carbocycles. The highest BCUT2D eigenvalue weighted by Gasteiger charge is 2.33. The summed E-state index contributed by atoms with van der Waals surface area (Å²) >= 11 is 11.3. The molecule has 2 aromatic carbocycles. The number of hydrogen-bond donors (Lipinski definition) is 2. The fourth-order valence-corrected chi connectivity index (χ4v) is 3.71. The van der Waals surface area contributed by atoms with Crippen LogP contribution in [0.25, 0.3) is 0 Å². The summed E-state index contributed by atoms with van der Waals surface area (Å²) in [5.41, 5.74) is -1.22. The van der Waals surface area contributed by atoms with Crippen LogP contribution in [0.3, 0.4) is 0 Å². The topological polar surface area (TPSA) is 66.4 Å². The van der Waals surface area contributed by atoms with Gasteiger partial charge < -0.3 is 5.11 Å². The average Bonchev–Trinajstić information content (AvgIpc) is 2.48. The zero-order chi connectivity index (χ0) is 18.1. The van der Waals surface area contributed by atoms with Gasteiger partial charge in [0.1, 0.15) is 4.90 Å². The van der Waals surface area contributed by atoms with E-state index in [9.17, 15) is 26.7 Å². The van der Waals surface area contributed by atoms with Gasteiger partial charge >= 0.3 is 6.18 Å². The lowest BCUT2D eigenvalue weighted by Crippen LogP contribution is -2.25. The van der Waals surface area contributed by atoms with Crippen LogP contribution in [0.15, 0.2) is 41.3 Å². The lowest BCUT2D eigenvalue weighted by molar-refractivity contribution is -0.138. The van der Waals surface area contributed by atoms with E-state index in [2.05, 4.69) is 0 Å². The minimum Gasteiger partial charge on any atom is -0.505 e. The second-order valence-corrected chi connectivity index (χ2v) is 7.29. The van der Waals surface area contributed by atoms with Gasteiger partial charge in [-0.3, -0.25) is 0 Å². The number of hydrogen-bond acceptors (Lipinski definition) is 3. The van der Waals surface area contributed by atoms with Gasteiger partial charge in [0.2, 0.25) is 10.0 Å². The van der Waals surface area contributed by atoms with E-state index in [4.69, 9.17) is 23.2 Å². The average molecular weight is 400 g/mol. The Morgan fingerprint density at radius 2 is 1.75 bits per heavy atom. The van der Waals surface area contributed by atoms with Crippen LogP contribution in [0.1, 0.15) is 11.1 Å². The van der Waals surface area contributed by atoms with Crippen molar-refractivity contribution in [2.45, 2.75) is 17.6 Å². The Balaban J connectivity index is 2.33. The molecule has 0 aliphatic heterocycles. The van der Waals surface area contributed by atoms with Gasteiger partial charge in [0.15, 0.2) is 5.75 Å². The van der Waals surface area contributed by atoms with Gasteiger partial charge in [-0.25, -0.2) is 13.1 Å². The monoisotopic (exact) mass is 399 g/mol. The molecule has 2 aromatic rings. The van der Waals surface area contributed by atoms with Crippen molar-refractivity contribution >= 4 is 33.2 Å². The number of benzene rings is 2. The van der Waals surface area contributed by atoms with E-state index in [1.807, 2.05) is 4.72 Å². The Labute approximate surface area is 145 Å². The molecule has 0 spiro atoms. The molecule has 0 radical (unpaired) electrons. The van der Waals surface area contributed by atoms with Crippen LogP contribution in [0.5, 0.6) is 5.75 Å². The molecule has 0 aliphatic rings. The second-order valence-electron chi connectivity index (χ2n) is 4.71. The first kappa shape index (κ1) is 18.9. The second kappa shape index (κ2) is 6.79. The first-order valence-corrected chi connectivity index (χ1v) is 8.59. The standard InChI is InChI=1S/C14H10Cl2F3NO3S/c15-9-5-11(16)13(21)12(6-9)24(22,23)20-7-8-3-1-2-4-10(8)14(17,18)19/h1-6,20-21H,7H2. The van der Waals surface area contributed by atoms with Gasteiger partial charge in [-0.15, -0.1) is 0 Å². The van der Waals surface area contributed by atoms with Crippen molar-refractivity contribution in [3.8, 4) is 5.75 Å². The van der Waals surface area contributed by atoms with Crippen molar-refractivity contribution in [1.82, 2.24) is 4.72 Å². The van der Waals surface area contributed by atoms with E-state index in [0.717, 1.165) is 24.3 Å². The van der Waals surface area contributed by atoms with Crippen LogP contribution in [0.2, 0.25) is 10.0 Å². The van der Waals surface area contributed by atoms with Gasteiger partial charge in [0.05, 0.1) is 10.6 Å². The van der Waals surface area contributed by atoms with Crippen molar-refractivity contribution < 1.29 is 26.7 Å². The molecular weight excluding hydrogens is 390 g/mol. The van der Waals surface area contributed by atoms with Crippen LogP contribution in [-0.4, -0.2) is 13.5 Å². The maximum Gasteiger partial charge on any atom is 0.416 e. The van der Waals surface area contributed by atoms with E-state index in [1.165, 1.54) is 12.1 Å². The summed E-state index contributed by atoms with van der Waals surface area (Å²) < 4.78 is 65.2. The lowest BCUT2D eigenvalue weighted by Gasteiger charge is -2.14. The predicted molar refractivity (Wildman–Crippen MR) is 83.6 cm³/mol. The molecule has 4 nitrogen and oxygen atoms in total. The quantitative estimate of drug-likeness (QED) is 0.809. The molecule has 2 N–H and O–H groups in total. The Kier molecular flexibility index (Phi) is 5.34. The van der Waals surface area contributed by atoms with Gasteiger partial charge in [-0.1, -0.05) is 41.4 Å². The maximum atomic E-state index is 12.9. The van der Waals surface area contributed by atoms with Gasteiger partial charge in [0.25, 0.3) is 0 Å². The van der Waals surface area contributed by atoms with Crippen molar-refractivity contribution in [3.05, 3.63) is 57.6 Å².